The van der Waals surface area contributed by atoms with Crippen LogP contribution in [-0.4, -0.2) is 84.0 Å². The first kappa shape index (κ1) is 25.6. The van der Waals surface area contributed by atoms with Crippen LogP contribution in [0.25, 0.3) is 0 Å². The summed E-state index contributed by atoms with van der Waals surface area (Å²) < 4.78 is 14.1. The van der Waals surface area contributed by atoms with Crippen molar-refractivity contribution in [2.45, 2.75) is 57.0 Å². The Morgan fingerprint density at radius 2 is 1.58 bits per heavy atom. The summed E-state index contributed by atoms with van der Waals surface area (Å²) in [4.78, 5) is 26.8. The summed E-state index contributed by atoms with van der Waals surface area (Å²) in [6.07, 6.45) is -4.03. The molecule has 4 unspecified atom stereocenters. The molecular formula is C12H27O11P. The highest BCUT2D eigenvalue weighted by Crippen LogP contribution is 2.35. The Bertz CT molecular complexity index is 368. The van der Waals surface area contributed by atoms with Gasteiger partial charge in [-0.05, 0) is 6.42 Å². The van der Waals surface area contributed by atoms with Gasteiger partial charge in [-0.25, -0.2) is 9.36 Å². The van der Waals surface area contributed by atoms with Gasteiger partial charge in [0.1, 0.15) is 18.3 Å². The molecule has 24 heavy (non-hydrogen) atoms. The lowest BCUT2D eigenvalue weighted by Crippen LogP contribution is -2.48. The molecule has 0 saturated heterocycles. The summed E-state index contributed by atoms with van der Waals surface area (Å²) >= 11 is 0. The number of aliphatic carboxylic acids is 1. The number of carboxylic acids is 1. The molecule has 0 fully saturated rings. The van der Waals surface area contributed by atoms with Crippen LogP contribution in [0.5, 0.6) is 0 Å². The molecule has 0 heterocycles. The van der Waals surface area contributed by atoms with Gasteiger partial charge in [-0.15, -0.1) is 0 Å². The van der Waals surface area contributed by atoms with Crippen molar-refractivity contribution in [1.82, 2.24) is 0 Å². The summed E-state index contributed by atoms with van der Waals surface area (Å²) in [5, 5.41) is 52.7. The second-order valence-corrected chi connectivity index (χ2v) is 6.14. The van der Waals surface area contributed by atoms with E-state index < -0.39 is 44.8 Å². The molecule has 146 valence electrons. The van der Waals surface area contributed by atoms with E-state index >= 15 is 0 Å². The molecule has 11 nitrogen and oxygen atoms in total. The molecule has 0 bridgehead atoms. The lowest BCUT2D eigenvalue weighted by atomic mass is 10.0. The third kappa shape index (κ3) is 13.8. The van der Waals surface area contributed by atoms with Crippen LogP contribution in [0.2, 0.25) is 0 Å². The minimum atomic E-state index is -4.86. The van der Waals surface area contributed by atoms with Crippen LogP contribution in [0.3, 0.4) is 0 Å². The van der Waals surface area contributed by atoms with E-state index in [0.717, 1.165) is 6.42 Å². The van der Waals surface area contributed by atoms with Crippen molar-refractivity contribution in [3.63, 3.8) is 0 Å². The fourth-order valence-corrected chi connectivity index (χ4v) is 1.72. The monoisotopic (exact) mass is 378 g/mol. The van der Waals surface area contributed by atoms with E-state index in [0.29, 0.717) is 6.61 Å². The molecule has 0 aromatic heterocycles. The normalized spacial score (nSPS) is 16.5. The van der Waals surface area contributed by atoms with Crippen LogP contribution in [0.4, 0.5) is 0 Å². The highest BCUT2D eigenvalue weighted by molar-refractivity contribution is 7.46. The third-order valence-corrected chi connectivity index (χ3v) is 3.23. The van der Waals surface area contributed by atoms with E-state index in [9.17, 15) is 9.36 Å². The lowest BCUT2D eigenvalue weighted by molar-refractivity contribution is -0.164. The zero-order valence-corrected chi connectivity index (χ0v) is 14.2. The minimum Gasteiger partial charge on any atom is -0.479 e. The third-order valence-electron chi connectivity index (χ3n) is 2.75. The van der Waals surface area contributed by atoms with Crippen LogP contribution < -0.4 is 0 Å². The Hall–Kier alpha value is -0.620. The number of hydrogen-bond acceptors (Lipinski definition) is 8. The molecular weight excluding hydrogens is 351 g/mol. The average molecular weight is 378 g/mol. The van der Waals surface area contributed by atoms with Gasteiger partial charge < -0.3 is 40.4 Å². The molecule has 0 rings (SSSR count). The molecule has 0 aliphatic carbocycles. The Morgan fingerprint density at radius 1 is 1.04 bits per heavy atom. The minimum absolute atomic E-state index is 0.361. The first-order valence-corrected chi connectivity index (χ1v) is 8.76. The molecule has 0 spiro atoms. The van der Waals surface area contributed by atoms with Crippen LogP contribution in [0.1, 0.15) is 32.6 Å². The van der Waals surface area contributed by atoms with Gasteiger partial charge in [-0.2, -0.15) is 0 Å². The van der Waals surface area contributed by atoms with Gasteiger partial charge in [-0.3, -0.25) is 4.52 Å². The highest BCUT2D eigenvalue weighted by Gasteiger charge is 2.35. The van der Waals surface area contributed by atoms with Gasteiger partial charge in [-0.1, -0.05) is 26.2 Å². The number of hydrogen-bond donors (Lipinski definition) is 8. The van der Waals surface area contributed by atoms with E-state index in [-0.39, 0.29) is 0 Å². The highest BCUT2D eigenvalue weighted by atomic mass is 31.2. The van der Waals surface area contributed by atoms with Crippen molar-refractivity contribution in [2.75, 3.05) is 13.2 Å². The van der Waals surface area contributed by atoms with Crippen LogP contribution >= 0.6 is 7.82 Å². The predicted octanol–water partition coefficient (Wildman–Crippen LogP) is -1.82. The smallest absolute Gasteiger partial charge is 0.469 e. The van der Waals surface area contributed by atoms with Crippen molar-refractivity contribution in [3.05, 3.63) is 0 Å². The summed E-state index contributed by atoms with van der Waals surface area (Å²) in [5.74, 6) is -1.83. The van der Waals surface area contributed by atoms with Crippen LogP contribution in [0.15, 0.2) is 0 Å². The lowest BCUT2D eigenvalue weighted by Gasteiger charge is -2.24. The molecule has 12 heteroatoms. The molecule has 0 aliphatic heterocycles. The number of rotatable bonds is 11. The average Bonchev–Trinajstić information content (AvgIpc) is 2.50. The van der Waals surface area contributed by atoms with E-state index in [4.69, 9.17) is 40.4 Å². The SMILES string of the molecule is CCCCCCO.O=C(O)C(O)C(O)C(O)C(O)COP(=O)(O)O. The van der Waals surface area contributed by atoms with Crippen molar-refractivity contribution in [1.29, 1.82) is 0 Å². The topological polar surface area (TPSA) is 205 Å². The summed E-state index contributed by atoms with van der Waals surface area (Å²) in [6, 6.07) is 0. The Morgan fingerprint density at radius 3 is 1.96 bits per heavy atom. The first-order valence-electron chi connectivity index (χ1n) is 7.23. The molecule has 0 amide bonds. The number of phosphoric ester groups is 1. The second-order valence-electron chi connectivity index (χ2n) is 4.90. The largest absolute Gasteiger partial charge is 0.479 e. The van der Waals surface area contributed by atoms with Gasteiger partial charge >= 0.3 is 13.8 Å². The Labute approximate surface area is 139 Å². The summed E-state index contributed by atoms with van der Waals surface area (Å²) in [6.45, 7) is 1.48. The first-order chi connectivity index (χ1) is 11.0. The van der Waals surface area contributed by atoms with Crippen LogP contribution in [0, 0.1) is 0 Å². The van der Waals surface area contributed by atoms with Gasteiger partial charge in [0.2, 0.25) is 0 Å². The molecule has 0 radical (unpaired) electrons. The van der Waals surface area contributed by atoms with Gasteiger partial charge in [0.25, 0.3) is 0 Å². The number of aliphatic hydroxyl groups is 5. The Kier molecular flexibility index (Phi) is 14.6. The Balaban J connectivity index is 0. The molecule has 0 saturated carbocycles. The fourth-order valence-electron chi connectivity index (χ4n) is 1.37. The van der Waals surface area contributed by atoms with E-state index in [1.807, 2.05) is 0 Å². The zero-order valence-electron chi connectivity index (χ0n) is 13.3. The fraction of sp³-hybridized carbons (Fsp3) is 0.917. The zero-order chi connectivity index (χ0) is 19.3. The quantitative estimate of drug-likeness (QED) is 0.148. The molecule has 4 atom stereocenters. The van der Waals surface area contributed by atoms with E-state index in [1.54, 1.807) is 0 Å². The van der Waals surface area contributed by atoms with Gasteiger partial charge in [0.15, 0.2) is 6.10 Å². The molecule has 8 N–H and O–H groups in total. The summed E-state index contributed by atoms with van der Waals surface area (Å²) in [7, 11) is -4.86. The molecule has 0 aromatic carbocycles. The maximum Gasteiger partial charge on any atom is 0.469 e. The molecule has 0 aromatic rings. The van der Waals surface area contributed by atoms with E-state index in [1.165, 1.54) is 19.3 Å². The van der Waals surface area contributed by atoms with Crippen molar-refractivity contribution in [2.24, 2.45) is 0 Å². The van der Waals surface area contributed by atoms with E-state index in [2.05, 4.69) is 11.4 Å². The second kappa shape index (κ2) is 13.6. The maximum absolute atomic E-state index is 10.2. The maximum atomic E-state index is 10.2. The summed E-state index contributed by atoms with van der Waals surface area (Å²) in [5.41, 5.74) is 0. The molecule has 0 aliphatic rings. The van der Waals surface area contributed by atoms with Crippen LogP contribution in [-0.2, 0) is 13.9 Å². The van der Waals surface area contributed by atoms with Gasteiger partial charge in [0, 0.05) is 6.61 Å². The standard InChI is InChI=1S/C6H13O10P.C6H14O/c7-2(1-16-17(13,14)15)3(8)4(9)5(10)6(11)12;1-2-3-4-5-6-7/h2-5,7-10H,1H2,(H,11,12)(H2,13,14,15);7H,2-6H2,1H3. The van der Waals surface area contributed by atoms with Crippen molar-refractivity contribution >= 4 is 13.8 Å². The number of aliphatic hydroxyl groups excluding tert-OH is 5. The number of carbonyl (C=O) groups is 1. The number of carboxylic acid groups (broad SMARTS) is 1. The number of unbranched alkanes of at least 4 members (excludes halogenated alkanes) is 3. The van der Waals surface area contributed by atoms with Crippen molar-refractivity contribution < 1.29 is 54.3 Å². The van der Waals surface area contributed by atoms with Gasteiger partial charge in [0.05, 0.1) is 6.61 Å². The van der Waals surface area contributed by atoms with Crippen molar-refractivity contribution in [3.8, 4) is 0 Å². The predicted molar refractivity (Wildman–Crippen MR) is 80.9 cm³/mol. The number of phosphoric acid groups is 1.